The highest BCUT2D eigenvalue weighted by Gasteiger charge is 2.32. The second-order valence-corrected chi connectivity index (χ2v) is 50.4. The van der Waals surface area contributed by atoms with Crippen LogP contribution in [0, 0.1) is 55.4 Å². The Balaban J connectivity index is 0.000000245. The Bertz CT molecular complexity index is 3590. The van der Waals surface area contributed by atoms with Crippen LogP contribution in [0.3, 0.4) is 0 Å². The molecule has 0 N–H and O–H groups in total. The van der Waals surface area contributed by atoms with Crippen LogP contribution in [-0.4, -0.2) is 58.7 Å². The molecule has 502 valence electrons. The zero-order valence-corrected chi connectivity index (χ0v) is 65.7. The van der Waals surface area contributed by atoms with Gasteiger partial charge < -0.3 is 18.9 Å². The van der Waals surface area contributed by atoms with E-state index in [0.717, 1.165) is 75.1 Å². The summed E-state index contributed by atoms with van der Waals surface area (Å²) in [6, 6.07) is 78.8. The number of hydrogen-bond donors (Lipinski definition) is 0. The molecule has 0 unspecified atom stereocenters. The largest absolute Gasteiger partial charge is 0.494 e. The van der Waals surface area contributed by atoms with Crippen molar-refractivity contribution in [3.63, 3.8) is 0 Å². The highest BCUT2D eigenvalue weighted by molar-refractivity contribution is 6.91. The fraction of sp³-hybridized carbons (Fsp3) is 0.379. The molecule has 0 aliphatic carbocycles. The van der Waals surface area contributed by atoms with Crippen molar-refractivity contribution in [2.45, 2.75) is 189 Å². The quantitative estimate of drug-likeness (QED) is 0.0266. The highest BCUT2D eigenvalue weighted by atomic mass is 28.3. The lowest BCUT2D eigenvalue weighted by Crippen LogP contribution is -2.41. The Morgan fingerprint density at radius 3 is 0.674 bits per heavy atom. The second-order valence-electron chi connectivity index (χ2n) is 31.1. The van der Waals surface area contributed by atoms with Crippen molar-refractivity contribution in [3.8, 4) is 23.0 Å². The Morgan fingerprint density at radius 1 is 0.253 bits per heavy atom. The molecule has 9 rings (SSSR count). The molecule has 9 aromatic carbocycles. The van der Waals surface area contributed by atoms with Crippen molar-refractivity contribution in [2.75, 3.05) is 26.4 Å². The van der Waals surface area contributed by atoms with Gasteiger partial charge in [-0.3, -0.25) is 0 Å². The van der Waals surface area contributed by atoms with E-state index in [1.807, 2.05) is 0 Å². The minimum absolute atomic E-state index is 0.111. The van der Waals surface area contributed by atoms with Crippen molar-refractivity contribution in [1.82, 2.24) is 0 Å². The Labute approximate surface area is 579 Å². The summed E-state index contributed by atoms with van der Waals surface area (Å²) in [5, 5.41) is 6.21. The molecule has 0 amide bonds. The lowest BCUT2D eigenvalue weighted by Gasteiger charge is -2.32. The van der Waals surface area contributed by atoms with Gasteiger partial charge in [-0.2, -0.15) is 0 Å². The third kappa shape index (κ3) is 20.5. The molecule has 0 fully saturated rings. The first-order chi connectivity index (χ1) is 44.9. The van der Waals surface area contributed by atoms with Crippen LogP contribution in [0.25, 0.3) is 0 Å². The van der Waals surface area contributed by atoms with E-state index in [1.165, 1.54) is 96.5 Å². The van der Waals surface area contributed by atoms with E-state index >= 15 is 0 Å². The van der Waals surface area contributed by atoms with Gasteiger partial charge in [0.15, 0.2) is 0 Å². The minimum atomic E-state index is -1.51. The van der Waals surface area contributed by atoms with E-state index in [2.05, 4.69) is 329 Å². The SMILES string of the molecule is Cc1cc(C)cc([Si](C)(C)CCCOc2ccc(C(C)(C)c3ccc(OCCC[Si](C)(C)c4cc(C)cc(C)c4)cc3)cc2)c1.Cc1cc(C)cc([Si](C)(C)CCCOc2ccc(C(C)(c3ccccc3)c3ccc(OCCC[Si](C)(C)c4cc(C)cc(C)c4)cc3)cc2)c1. The number of ether oxygens (including phenoxy) is 4. The normalized spacial score (nSPS) is 12.2. The van der Waals surface area contributed by atoms with Crippen LogP contribution in [0.2, 0.25) is 76.6 Å². The summed E-state index contributed by atoms with van der Waals surface area (Å²) in [5.41, 5.74) is 16.8. The maximum absolute atomic E-state index is 6.29. The zero-order valence-electron chi connectivity index (χ0n) is 61.7. The summed E-state index contributed by atoms with van der Waals surface area (Å²) in [6.07, 6.45) is 4.30. The third-order valence-electron chi connectivity index (χ3n) is 20.2. The van der Waals surface area contributed by atoms with Gasteiger partial charge in [-0.05, 0) is 164 Å². The molecular formula is C87H114O4Si4. The number of hydrogen-bond acceptors (Lipinski definition) is 4. The molecule has 0 spiro atoms. The van der Waals surface area contributed by atoms with Gasteiger partial charge in [0.2, 0.25) is 0 Å². The van der Waals surface area contributed by atoms with E-state index in [-0.39, 0.29) is 10.8 Å². The first-order valence-corrected chi connectivity index (χ1v) is 48.1. The molecule has 95 heavy (non-hydrogen) atoms. The number of aryl methyl sites for hydroxylation is 8. The maximum Gasteiger partial charge on any atom is 0.119 e. The van der Waals surface area contributed by atoms with Gasteiger partial charge in [-0.25, -0.2) is 0 Å². The molecule has 0 heterocycles. The van der Waals surface area contributed by atoms with Crippen LogP contribution in [-0.2, 0) is 10.8 Å². The predicted molar refractivity (Wildman–Crippen MR) is 422 cm³/mol. The number of benzene rings is 9. The summed E-state index contributed by atoms with van der Waals surface area (Å²) in [5.74, 6) is 3.77. The average molecular weight is 1340 g/mol. The van der Waals surface area contributed by atoms with Gasteiger partial charge in [-0.1, -0.05) is 307 Å². The first-order valence-electron chi connectivity index (χ1n) is 35.3. The van der Waals surface area contributed by atoms with Crippen LogP contribution < -0.4 is 39.7 Å². The average Bonchev–Trinajstić information content (AvgIpc) is 0.781. The smallest absolute Gasteiger partial charge is 0.119 e. The van der Waals surface area contributed by atoms with Gasteiger partial charge >= 0.3 is 0 Å². The molecule has 0 atom stereocenters. The lowest BCUT2D eigenvalue weighted by atomic mass is 9.71. The van der Waals surface area contributed by atoms with Crippen molar-refractivity contribution in [3.05, 3.63) is 273 Å². The van der Waals surface area contributed by atoms with Crippen molar-refractivity contribution in [2.24, 2.45) is 0 Å². The third-order valence-corrected chi connectivity index (χ3v) is 34.1. The second kappa shape index (κ2) is 32.4. The fourth-order valence-corrected chi connectivity index (χ4v) is 24.2. The fourth-order valence-electron chi connectivity index (χ4n) is 14.0. The summed E-state index contributed by atoms with van der Waals surface area (Å²) >= 11 is 0. The van der Waals surface area contributed by atoms with Gasteiger partial charge in [0.1, 0.15) is 23.0 Å². The summed E-state index contributed by atoms with van der Waals surface area (Å²) in [7, 11) is -5.98. The molecule has 0 aromatic heterocycles. The maximum atomic E-state index is 6.29. The molecule has 0 aliphatic rings. The molecule has 0 saturated heterocycles. The molecule has 0 saturated carbocycles. The van der Waals surface area contributed by atoms with Crippen molar-refractivity contribution >= 4 is 53.0 Å². The Kier molecular flexibility index (Phi) is 25.2. The standard InChI is InChI=1S/C46H58O2Si2.C41H56O2Si2/c1-35-29-36(2)32-44(31-35)49(6,7)27-13-25-47-42-21-17-40(18-22-42)46(5,39-15-11-10-12-16-39)41-19-23-43(24-20-41)48-26-14-28-50(8,9)45-33-37(3)30-38(4)34-45;1-31-25-32(2)28-39(27-31)44(7,8)23-11-21-42-37-17-13-35(14-18-37)41(5,6)36-15-19-38(20-16-36)43-22-12-24-45(9,10)40-29-33(3)26-34(4)30-40/h10-12,15-24,29-34H,13-14,25-28H2,1-9H3;13-20,25-30H,11-12,21-24H2,1-10H3. The van der Waals surface area contributed by atoms with Gasteiger partial charge in [0.25, 0.3) is 0 Å². The van der Waals surface area contributed by atoms with Crippen LogP contribution in [0.15, 0.2) is 200 Å². The van der Waals surface area contributed by atoms with Crippen LogP contribution in [0.1, 0.15) is 119 Å². The number of rotatable bonds is 29. The Morgan fingerprint density at radius 2 is 0.453 bits per heavy atom. The molecule has 4 nitrogen and oxygen atoms in total. The van der Waals surface area contributed by atoms with Crippen molar-refractivity contribution in [1.29, 1.82) is 0 Å². The monoisotopic (exact) mass is 1330 g/mol. The van der Waals surface area contributed by atoms with Crippen LogP contribution in [0.5, 0.6) is 23.0 Å². The predicted octanol–water partition coefficient (Wildman–Crippen LogP) is 21.1. The van der Waals surface area contributed by atoms with E-state index in [1.54, 1.807) is 20.7 Å². The zero-order chi connectivity index (χ0) is 68.8. The lowest BCUT2D eigenvalue weighted by molar-refractivity contribution is 0.316. The summed E-state index contributed by atoms with van der Waals surface area (Å²) in [4.78, 5) is 0. The molecule has 0 bridgehead atoms. The minimum Gasteiger partial charge on any atom is -0.494 e. The summed E-state index contributed by atoms with van der Waals surface area (Å²) in [6.45, 7) is 47.4. The highest BCUT2D eigenvalue weighted by Crippen LogP contribution is 2.40. The summed E-state index contributed by atoms with van der Waals surface area (Å²) < 4.78 is 25.0. The van der Waals surface area contributed by atoms with E-state index in [9.17, 15) is 0 Å². The van der Waals surface area contributed by atoms with E-state index in [4.69, 9.17) is 18.9 Å². The van der Waals surface area contributed by atoms with Crippen LogP contribution >= 0.6 is 0 Å². The van der Waals surface area contributed by atoms with E-state index < -0.39 is 32.3 Å². The molecular weight excluding hydrogens is 1220 g/mol. The molecule has 9 aromatic rings. The van der Waals surface area contributed by atoms with Gasteiger partial charge in [0, 0.05) is 10.8 Å². The van der Waals surface area contributed by atoms with Gasteiger partial charge in [-0.15, -0.1) is 0 Å². The van der Waals surface area contributed by atoms with E-state index in [0.29, 0.717) is 0 Å². The van der Waals surface area contributed by atoms with Gasteiger partial charge in [0.05, 0.1) is 58.7 Å². The Hall–Kier alpha value is -6.95. The first kappa shape index (κ1) is 73.8. The molecule has 8 heteroatoms. The molecule has 0 radical (unpaired) electrons. The van der Waals surface area contributed by atoms with Crippen LogP contribution in [0.4, 0.5) is 0 Å². The molecule has 0 aliphatic heterocycles. The topological polar surface area (TPSA) is 36.9 Å². The van der Waals surface area contributed by atoms with Crippen molar-refractivity contribution < 1.29 is 18.9 Å².